The van der Waals surface area contributed by atoms with Gasteiger partial charge in [0.05, 0.1) is 0 Å². The number of fused-ring (bicyclic) bond motifs is 27. The predicted octanol–water partition coefficient (Wildman–Crippen LogP) is 32.5. The summed E-state index contributed by atoms with van der Waals surface area (Å²) in [6.45, 7) is 0. The quantitative estimate of drug-likeness (QED) is 0.133. The molecule has 0 bridgehead atoms. The van der Waals surface area contributed by atoms with Gasteiger partial charge < -0.3 is 0 Å². The van der Waals surface area contributed by atoms with Crippen LogP contribution in [0.1, 0.15) is 0 Å². The van der Waals surface area contributed by atoms with Crippen LogP contribution in [0.5, 0.6) is 0 Å². The molecule has 0 fully saturated rings. The van der Waals surface area contributed by atoms with Gasteiger partial charge in [-0.15, -0.1) is 34.0 Å². The van der Waals surface area contributed by atoms with E-state index >= 15 is 0 Å². The molecule has 0 unspecified atom stereocenters. The number of rotatable bonds is 8. The van der Waals surface area contributed by atoms with Gasteiger partial charge in [-0.25, -0.2) is 0 Å². The third-order valence-electron chi connectivity index (χ3n) is 24.0. The molecule has 512 valence electrons. The van der Waals surface area contributed by atoms with Gasteiger partial charge in [0, 0.05) is 66.1 Å². The number of thiophene rings is 3. The number of hydrogen-bond donors (Lipinski definition) is 0. The van der Waals surface area contributed by atoms with Crippen molar-refractivity contribution in [2.75, 3.05) is 0 Å². The maximum absolute atomic E-state index is 2.51. The molecule has 3 heterocycles. The van der Waals surface area contributed by atoms with Crippen molar-refractivity contribution in [2.24, 2.45) is 0 Å². The molecule has 3 aromatic heterocycles. The standard InChI is InChI=1S/C108H62S3/c1-2-21-63(22-3-1)74-36-18-39-94-95-40-20-41-96(107(95)111-106(74)94)98-58-64(65-44-49-89-83-29-7-4-23-77(83)80-26-10-13-32-86(80)99(89)59-65)43-48-72(98)70-55-69(66-45-50-90-84-30-8-5-24-78(84)81-27-11-14-33-87(81)100(90)60-66)56-71(57-70)75-37-19-38-93-92-52-47-68(62-103(92)110-105(75)93)73-53-54-76(108-104(73)97-35-16-17-42-102(97)109-108)67-46-51-91-85-31-9-6-25-79(85)82-28-12-15-34-88(82)101(91)61-67/h1-62H. The molecular weight excluding hydrogens is 1390 g/mol. The molecule has 0 radical (unpaired) electrons. The molecule has 0 spiro atoms. The van der Waals surface area contributed by atoms with Gasteiger partial charge in [-0.1, -0.05) is 322 Å². The average molecular weight is 1460 g/mol. The molecule has 0 aliphatic rings. The monoisotopic (exact) mass is 1450 g/mol. The molecule has 0 saturated heterocycles. The van der Waals surface area contributed by atoms with E-state index in [1.165, 1.54) is 241 Å². The Morgan fingerprint density at radius 1 is 0.117 bits per heavy atom. The highest BCUT2D eigenvalue weighted by Gasteiger charge is 2.24. The van der Waals surface area contributed by atoms with Crippen molar-refractivity contribution in [3.63, 3.8) is 0 Å². The number of benzene rings is 21. The first-order valence-corrected chi connectivity index (χ1v) is 40.7. The van der Waals surface area contributed by atoms with Gasteiger partial charge in [0.15, 0.2) is 0 Å². The average Bonchev–Trinajstić information content (AvgIpc) is 1.64. The highest BCUT2D eigenvalue weighted by Crippen LogP contribution is 2.52. The Morgan fingerprint density at radius 2 is 0.441 bits per heavy atom. The molecule has 24 aromatic rings. The van der Waals surface area contributed by atoms with Crippen LogP contribution in [0.4, 0.5) is 0 Å². The van der Waals surface area contributed by atoms with Gasteiger partial charge in [0.25, 0.3) is 0 Å². The summed E-state index contributed by atoms with van der Waals surface area (Å²) in [5.74, 6) is 0. The minimum Gasteiger partial charge on any atom is -0.135 e. The Kier molecular flexibility index (Phi) is 13.9. The Labute approximate surface area is 651 Å². The van der Waals surface area contributed by atoms with Crippen molar-refractivity contribution < 1.29 is 0 Å². The molecule has 111 heavy (non-hydrogen) atoms. The van der Waals surface area contributed by atoms with Gasteiger partial charge in [-0.2, -0.15) is 0 Å². The third kappa shape index (κ3) is 9.64. The van der Waals surface area contributed by atoms with Crippen LogP contribution in [0.25, 0.3) is 246 Å². The van der Waals surface area contributed by atoms with Crippen LogP contribution < -0.4 is 0 Å². The summed E-state index contributed by atoms with van der Waals surface area (Å²) in [7, 11) is 0. The van der Waals surface area contributed by atoms with E-state index in [-0.39, 0.29) is 0 Å². The van der Waals surface area contributed by atoms with E-state index in [4.69, 9.17) is 0 Å². The van der Waals surface area contributed by atoms with Gasteiger partial charge in [0.1, 0.15) is 0 Å². The zero-order valence-electron chi connectivity index (χ0n) is 60.0. The van der Waals surface area contributed by atoms with Crippen LogP contribution in [0, 0.1) is 0 Å². The topological polar surface area (TPSA) is 0 Å². The Morgan fingerprint density at radius 3 is 0.982 bits per heavy atom. The Balaban J connectivity index is 0.715. The second-order valence-electron chi connectivity index (χ2n) is 29.9. The molecule has 0 aliphatic heterocycles. The van der Waals surface area contributed by atoms with Crippen LogP contribution in [0.15, 0.2) is 376 Å². The van der Waals surface area contributed by atoms with Gasteiger partial charge >= 0.3 is 0 Å². The fourth-order valence-corrected chi connectivity index (χ4v) is 22.8. The third-order valence-corrected chi connectivity index (χ3v) is 27.7. The summed E-state index contributed by atoms with van der Waals surface area (Å²) in [5, 5.41) is 30.6. The first-order valence-electron chi connectivity index (χ1n) is 38.2. The fourth-order valence-electron chi connectivity index (χ4n) is 18.9. The number of hydrogen-bond acceptors (Lipinski definition) is 3. The minimum atomic E-state index is 1.16. The maximum Gasteiger partial charge on any atom is 0.0440 e. The van der Waals surface area contributed by atoms with Crippen LogP contribution in [0.3, 0.4) is 0 Å². The van der Waals surface area contributed by atoms with E-state index in [0.717, 1.165) is 5.56 Å². The zero-order valence-corrected chi connectivity index (χ0v) is 62.5. The molecule has 24 rings (SSSR count). The fraction of sp³-hybridized carbons (Fsp3) is 0. The first-order chi connectivity index (χ1) is 55.0. The van der Waals surface area contributed by atoms with Crippen LogP contribution >= 0.6 is 34.0 Å². The van der Waals surface area contributed by atoms with Crippen LogP contribution in [0.2, 0.25) is 0 Å². The van der Waals surface area contributed by atoms with E-state index in [1.807, 2.05) is 34.0 Å². The second-order valence-corrected chi connectivity index (χ2v) is 33.0. The molecule has 0 atom stereocenters. The van der Waals surface area contributed by atoms with Crippen molar-refractivity contribution >= 4 is 191 Å². The first kappa shape index (κ1) is 62.6. The highest BCUT2D eigenvalue weighted by molar-refractivity contribution is 7.27. The van der Waals surface area contributed by atoms with Gasteiger partial charge in [-0.3, -0.25) is 0 Å². The highest BCUT2D eigenvalue weighted by atomic mass is 32.1. The largest absolute Gasteiger partial charge is 0.135 e. The van der Waals surface area contributed by atoms with Gasteiger partial charge in [0.2, 0.25) is 0 Å². The summed E-state index contributed by atoms with van der Waals surface area (Å²) in [4.78, 5) is 0. The normalized spacial score (nSPS) is 12.1. The van der Waals surface area contributed by atoms with Crippen LogP contribution in [-0.2, 0) is 0 Å². The maximum atomic E-state index is 2.51. The lowest BCUT2D eigenvalue weighted by Crippen LogP contribution is -1.92. The summed E-state index contributed by atoms with van der Waals surface area (Å²) >= 11 is 5.76. The summed E-state index contributed by atoms with van der Waals surface area (Å²) in [5.41, 5.74) is 19.3. The lowest BCUT2D eigenvalue weighted by atomic mass is 9.86. The SMILES string of the molecule is c1ccc(-c2cccc3c2sc2c(-c4cc(-c5ccc6c7ccccc7c7ccccc7c6c5)ccc4-c4cc(-c5ccc6c7ccccc7c7ccccc7c6c5)cc(-c5cccc6c5sc5cc(-c7ccc(-c8ccc9c%10ccccc%10c%10ccccc%10c9c8)c8sc9ccccc9c78)ccc56)c4)cccc23)cc1. The summed E-state index contributed by atoms with van der Waals surface area (Å²) < 4.78 is 7.73. The van der Waals surface area contributed by atoms with Crippen molar-refractivity contribution in [1.82, 2.24) is 0 Å². The molecule has 0 saturated carbocycles. The molecule has 21 aromatic carbocycles. The zero-order chi connectivity index (χ0) is 72.5. The molecule has 0 N–H and O–H groups in total. The second kappa shape index (κ2) is 24.6. The van der Waals surface area contributed by atoms with Crippen molar-refractivity contribution in [1.29, 1.82) is 0 Å². The van der Waals surface area contributed by atoms with E-state index < -0.39 is 0 Å². The van der Waals surface area contributed by atoms with E-state index in [1.54, 1.807) is 0 Å². The predicted molar refractivity (Wildman–Crippen MR) is 486 cm³/mol. The molecular formula is C108H62S3. The van der Waals surface area contributed by atoms with E-state index in [9.17, 15) is 0 Å². The van der Waals surface area contributed by atoms with Crippen molar-refractivity contribution in [3.05, 3.63) is 376 Å². The molecule has 0 amide bonds. The van der Waals surface area contributed by atoms with E-state index in [0.29, 0.717) is 0 Å². The molecule has 0 nitrogen and oxygen atoms in total. The summed E-state index contributed by atoms with van der Waals surface area (Å²) in [6.07, 6.45) is 0. The summed E-state index contributed by atoms with van der Waals surface area (Å²) in [6, 6.07) is 143. The van der Waals surface area contributed by atoms with Crippen molar-refractivity contribution in [2.45, 2.75) is 0 Å². The molecule has 3 heteroatoms. The van der Waals surface area contributed by atoms with Gasteiger partial charge in [-0.05, 0) is 235 Å². The minimum absolute atomic E-state index is 1.16. The smallest absolute Gasteiger partial charge is 0.0440 e. The Bertz CT molecular complexity index is 8040. The van der Waals surface area contributed by atoms with E-state index in [2.05, 4.69) is 376 Å². The van der Waals surface area contributed by atoms with Crippen molar-refractivity contribution in [3.8, 4) is 89.0 Å². The molecule has 0 aliphatic carbocycles. The lowest BCUT2D eigenvalue weighted by molar-refractivity contribution is 1.57. The lowest BCUT2D eigenvalue weighted by Gasteiger charge is -2.18. The van der Waals surface area contributed by atoms with Crippen LogP contribution in [-0.4, -0.2) is 0 Å². The Hall–Kier alpha value is -13.4.